The van der Waals surface area contributed by atoms with Gasteiger partial charge in [0, 0.05) is 34.6 Å². The minimum atomic E-state index is -0.199. The van der Waals surface area contributed by atoms with Gasteiger partial charge in [-0.3, -0.25) is 20.2 Å². The number of aryl methyl sites for hydroxylation is 1. The van der Waals surface area contributed by atoms with Crippen LogP contribution < -0.4 is 5.32 Å². The number of fused-ring (bicyclic) bond motifs is 1. The first-order valence-corrected chi connectivity index (χ1v) is 7.92. The molecule has 4 rings (SSSR count). The van der Waals surface area contributed by atoms with Crippen molar-refractivity contribution in [1.29, 1.82) is 0 Å². The molecule has 110 valence electrons. The molecule has 0 bridgehead atoms. The number of amides is 1. The molecule has 0 saturated carbocycles. The van der Waals surface area contributed by atoms with Crippen LogP contribution in [0.2, 0.25) is 0 Å². The predicted molar refractivity (Wildman–Crippen MR) is 83.9 cm³/mol. The fourth-order valence-corrected chi connectivity index (χ4v) is 3.36. The number of nitrogens with zero attached hydrogens (tertiary/aromatic N) is 3. The van der Waals surface area contributed by atoms with E-state index in [1.165, 1.54) is 11.3 Å². The van der Waals surface area contributed by atoms with E-state index in [0.717, 1.165) is 41.8 Å². The van der Waals surface area contributed by atoms with Crippen LogP contribution in [0.25, 0.3) is 11.3 Å². The van der Waals surface area contributed by atoms with Gasteiger partial charge in [0.2, 0.25) is 0 Å². The molecule has 3 aromatic rings. The molecule has 0 saturated heterocycles. The Bertz CT molecular complexity index is 824. The Morgan fingerprint density at radius 1 is 1.27 bits per heavy atom. The molecule has 0 aliphatic heterocycles. The summed E-state index contributed by atoms with van der Waals surface area (Å²) in [5.41, 5.74) is 4.43. The van der Waals surface area contributed by atoms with E-state index < -0.39 is 0 Å². The summed E-state index contributed by atoms with van der Waals surface area (Å²) in [6, 6.07) is 3.78. The maximum absolute atomic E-state index is 12.3. The third-order valence-electron chi connectivity index (χ3n) is 3.72. The van der Waals surface area contributed by atoms with Gasteiger partial charge in [-0.1, -0.05) is 0 Å². The topological polar surface area (TPSA) is 83.6 Å². The summed E-state index contributed by atoms with van der Waals surface area (Å²) >= 11 is 1.40. The molecule has 0 radical (unpaired) electrons. The number of H-pyrrole nitrogens is 1. The van der Waals surface area contributed by atoms with Crippen LogP contribution in [0, 0.1) is 0 Å². The van der Waals surface area contributed by atoms with Gasteiger partial charge in [-0.2, -0.15) is 5.10 Å². The quantitative estimate of drug-likeness (QED) is 0.779. The first-order valence-electron chi connectivity index (χ1n) is 7.04. The van der Waals surface area contributed by atoms with Crippen LogP contribution in [0.4, 0.5) is 5.13 Å². The highest BCUT2D eigenvalue weighted by molar-refractivity contribution is 7.14. The van der Waals surface area contributed by atoms with Crippen molar-refractivity contribution in [1.82, 2.24) is 20.2 Å². The second-order valence-electron chi connectivity index (χ2n) is 5.11. The minimum Gasteiger partial charge on any atom is -0.296 e. The molecule has 1 amide bonds. The van der Waals surface area contributed by atoms with Gasteiger partial charge in [-0.15, -0.1) is 11.3 Å². The van der Waals surface area contributed by atoms with Crippen molar-refractivity contribution < 1.29 is 4.79 Å². The van der Waals surface area contributed by atoms with Crippen LogP contribution in [0.1, 0.15) is 28.2 Å². The maximum Gasteiger partial charge on any atom is 0.278 e. The molecule has 0 aromatic carbocycles. The van der Waals surface area contributed by atoms with E-state index in [2.05, 4.69) is 25.5 Å². The number of carbonyl (C=O) groups excluding carboxylic acids is 1. The first-order chi connectivity index (χ1) is 10.8. The smallest absolute Gasteiger partial charge is 0.278 e. The molecule has 7 heteroatoms. The molecule has 22 heavy (non-hydrogen) atoms. The lowest BCUT2D eigenvalue weighted by Crippen LogP contribution is -2.14. The number of rotatable bonds is 3. The van der Waals surface area contributed by atoms with Crippen molar-refractivity contribution in [2.75, 3.05) is 5.32 Å². The van der Waals surface area contributed by atoms with Gasteiger partial charge >= 0.3 is 0 Å². The van der Waals surface area contributed by atoms with E-state index >= 15 is 0 Å². The Labute approximate surface area is 130 Å². The zero-order valence-corrected chi connectivity index (χ0v) is 12.5. The third-order valence-corrected chi connectivity index (χ3v) is 4.48. The standard InChI is InChI=1S/C15H13N5OS/c21-14(13-10-2-1-3-11(10)19-20-13)18-15-17-12(8-22-15)9-4-6-16-7-5-9/h4-8H,1-3H2,(H,19,20)(H,17,18,21). The molecule has 0 atom stereocenters. The van der Waals surface area contributed by atoms with Crippen LogP contribution in [0.5, 0.6) is 0 Å². The summed E-state index contributed by atoms with van der Waals surface area (Å²) < 4.78 is 0. The van der Waals surface area contributed by atoms with E-state index in [0.29, 0.717) is 10.8 Å². The molecule has 0 unspecified atom stereocenters. The molecule has 6 nitrogen and oxygen atoms in total. The van der Waals surface area contributed by atoms with Gasteiger partial charge in [-0.05, 0) is 31.4 Å². The van der Waals surface area contributed by atoms with Gasteiger partial charge in [-0.25, -0.2) is 4.98 Å². The second kappa shape index (κ2) is 5.34. The number of aromatic amines is 1. The van der Waals surface area contributed by atoms with Crippen LogP contribution in [-0.4, -0.2) is 26.1 Å². The number of hydrogen-bond donors (Lipinski definition) is 2. The predicted octanol–water partition coefficient (Wildman–Crippen LogP) is 2.67. The normalized spacial score (nSPS) is 13.1. The highest BCUT2D eigenvalue weighted by Gasteiger charge is 2.23. The van der Waals surface area contributed by atoms with Crippen molar-refractivity contribution in [3.63, 3.8) is 0 Å². The van der Waals surface area contributed by atoms with E-state index in [1.54, 1.807) is 12.4 Å². The SMILES string of the molecule is O=C(Nc1nc(-c2ccncc2)cs1)c1n[nH]c2c1CCC2. The van der Waals surface area contributed by atoms with Crippen LogP contribution in [0.15, 0.2) is 29.9 Å². The number of pyridine rings is 1. The highest BCUT2D eigenvalue weighted by atomic mass is 32.1. The number of thiazole rings is 1. The molecule has 1 aliphatic carbocycles. The largest absolute Gasteiger partial charge is 0.296 e. The minimum absolute atomic E-state index is 0.199. The zero-order chi connectivity index (χ0) is 14.9. The number of aromatic nitrogens is 4. The summed E-state index contributed by atoms with van der Waals surface area (Å²) in [4.78, 5) is 20.8. The van der Waals surface area contributed by atoms with Gasteiger partial charge in [0.05, 0.1) is 5.69 Å². The van der Waals surface area contributed by atoms with Crippen LogP contribution >= 0.6 is 11.3 Å². The Morgan fingerprint density at radius 3 is 3.00 bits per heavy atom. The lowest BCUT2D eigenvalue weighted by atomic mass is 10.2. The Kier molecular flexibility index (Phi) is 3.19. The number of hydrogen-bond acceptors (Lipinski definition) is 5. The third kappa shape index (κ3) is 2.29. The average Bonchev–Trinajstić information content (AvgIpc) is 3.24. The molecule has 0 fully saturated rings. The monoisotopic (exact) mass is 311 g/mol. The fraction of sp³-hybridized carbons (Fsp3) is 0.200. The maximum atomic E-state index is 12.3. The van der Waals surface area contributed by atoms with Gasteiger partial charge < -0.3 is 0 Å². The lowest BCUT2D eigenvalue weighted by Gasteiger charge is -2.00. The van der Waals surface area contributed by atoms with E-state index in [-0.39, 0.29) is 5.91 Å². The zero-order valence-electron chi connectivity index (χ0n) is 11.7. The van der Waals surface area contributed by atoms with Crippen LogP contribution in [-0.2, 0) is 12.8 Å². The van der Waals surface area contributed by atoms with E-state index in [9.17, 15) is 4.79 Å². The number of nitrogens with one attached hydrogen (secondary N) is 2. The first kappa shape index (κ1) is 13.1. The molecule has 3 heterocycles. The molecular weight excluding hydrogens is 298 g/mol. The van der Waals surface area contributed by atoms with Gasteiger partial charge in [0.15, 0.2) is 10.8 Å². The Hall–Kier alpha value is -2.54. The molecular formula is C15H13N5OS. The molecule has 3 aromatic heterocycles. The number of anilines is 1. The lowest BCUT2D eigenvalue weighted by molar-refractivity contribution is 0.102. The van der Waals surface area contributed by atoms with Crippen molar-refractivity contribution in [3.8, 4) is 11.3 Å². The molecule has 0 spiro atoms. The molecule has 1 aliphatic rings. The Balaban J connectivity index is 1.54. The van der Waals surface area contributed by atoms with Crippen LogP contribution in [0.3, 0.4) is 0 Å². The number of carbonyl (C=O) groups is 1. The van der Waals surface area contributed by atoms with Crippen molar-refractivity contribution in [2.24, 2.45) is 0 Å². The average molecular weight is 311 g/mol. The Morgan fingerprint density at radius 2 is 2.14 bits per heavy atom. The summed E-state index contributed by atoms with van der Waals surface area (Å²) in [7, 11) is 0. The summed E-state index contributed by atoms with van der Waals surface area (Å²) in [5.74, 6) is -0.199. The molecule has 2 N–H and O–H groups in total. The van der Waals surface area contributed by atoms with Crippen molar-refractivity contribution in [3.05, 3.63) is 46.9 Å². The second-order valence-corrected chi connectivity index (χ2v) is 5.97. The van der Waals surface area contributed by atoms with E-state index in [4.69, 9.17) is 0 Å². The van der Waals surface area contributed by atoms with Gasteiger partial charge in [0.1, 0.15) is 0 Å². The van der Waals surface area contributed by atoms with E-state index in [1.807, 2.05) is 17.5 Å². The fourth-order valence-electron chi connectivity index (χ4n) is 2.65. The summed E-state index contributed by atoms with van der Waals surface area (Å²) in [5, 5.41) is 12.4. The summed E-state index contributed by atoms with van der Waals surface area (Å²) in [6.07, 6.45) is 6.40. The highest BCUT2D eigenvalue weighted by Crippen LogP contribution is 2.26. The summed E-state index contributed by atoms with van der Waals surface area (Å²) in [6.45, 7) is 0. The van der Waals surface area contributed by atoms with Gasteiger partial charge in [0.25, 0.3) is 5.91 Å². The van der Waals surface area contributed by atoms with Crippen molar-refractivity contribution in [2.45, 2.75) is 19.3 Å². The van der Waals surface area contributed by atoms with Crippen molar-refractivity contribution >= 4 is 22.4 Å².